The number of aromatic nitrogens is 2. The van der Waals surface area contributed by atoms with Crippen LogP contribution < -0.4 is 5.32 Å². The van der Waals surface area contributed by atoms with Gasteiger partial charge in [0.1, 0.15) is 3.82 Å². The molecule has 1 heterocycles. The van der Waals surface area contributed by atoms with Crippen LogP contribution in [0.1, 0.15) is 10.5 Å². The second-order valence-electron chi connectivity index (χ2n) is 1.52. The Hall–Kier alpha value is -0.750. The molecule has 0 radical (unpaired) electrons. The van der Waals surface area contributed by atoms with Crippen molar-refractivity contribution >= 4 is 29.7 Å². The number of amides is 1. The second kappa shape index (κ2) is 2.89. The molecule has 0 aliphatic carbocycles. The van der Waals surface area contributed by atoms with Gasteiger partial charge in [0.05, 0.1) is 0 Å². The fraction of sp³-hybridized carbons (Fsp3) is 0.250. The second-order valence-corrected chi connectivity index (χ2v) is 2.98. The normalized spacial score (nSPS) is 9.30. The number of H-pyrrole nitrogens is 1. The number of aromatic amines is 1. The van der Waals surface area contributed by atoms with Gasteiger partial charge in [-0.15, -0.1) is 0 Å². The molecule has 1 amide bonds. The van der Waals surface area contributed by atoms with Crippen LogP contribution in [-0.2, 0) is 0 Å². The summed E-state index contributed by atoms with van der Waals surface area (Å²) in [6.07, 6.45) is 0. The first kappa shape index (κ1) is 7.36. The van der Waals surface area contributed by atoms with Crippen molar-refractivity contribution in [3.63, 3.8) is 0 Å². The van der Waals surface area contributed by atoms with Crippen LogP contribution in [0, 0.1) is 3.82 Å². The lowest BCUT2D eigenvalue weighted by atomic mass is 10.5. The van der Waals surface area contributed by atoms with E-state index in [1.807, 2.05) is 0 Å². The van der Waals surface area contributed by atoms with E-state index in [0.717, 1.165) is 0 Å². The predicted molar refractivity (Wildman–Crippen MR) is 40.7 cm³/mol. The first-order chi connectivity index (χ1) is 4.75. The van der Waals surface area contributed by atoms with Gasteiger partial charge in [0.15, 0.2) is 5.69 Å². The minimum atomic E-state index is -0.248. The molecule has 4 nitrogen and oxygen atoms in total. The molecule has 0 atom stereocenters. The van der Waals surface area contributed by atoms with Crippen molar-refractivity contribution in [2.45, 2.75) is 0 Å². The Morgan fingerprint density at radius 2 is 2.60 bits per heavy atom. The van der Waals surface area contributed by atoms with E-state index in [-0.39, 0.29) is 5.91 Å². The number of carbonyl (C=O) groups excluding carboxylic acids is 1. The topological polar surface area (TPSA) is 57.8 Å². The van der Waals surface area contributed by atoms with Crippen molar-refractivity contribution in [2.24, 2.45) is 0 Å². The van der Waals surface area contributed by atoms with Gasteiger partial charge in [0, 0.05) is 7.05 Å². The fourth-order valence-corrected chi connectivity index (χ4v) is 1.17. The van der Waals surface area contributed by atoms with Crippen molar-refractivity contribution in [3.8, 4) is 0 Å². The van der Waals surface area contributed by atoms with Gasteiger partial charge in [0.25, 0.3) is 5.91 Å². The van der Waals surface area contributed by atoms with Gasteiger partial charge in [-0.3, -0.25) is 4.79 Å². The Balaban J connectivity index is 3.05. The molecule has 0 aliphatic heterocycles. The van der Waals surface area contributed by atoms with Crippen molar-refractivity contribution in [1.82, 2.24) is 14.9 Å². The average molecular weight is 175 g/mol. The van der Waals surface area contributed by atoms with Crippen molar-refractivity contribution < 1.29 is 4.79 Å². The molecule has 0 unspecified atom stereocenters. The lowest BCUT2D eigenvalue weighted by Gasteiger charge is -1.89. The number of nitrogens with zero attached hydrogens (tertiary/aromatic N) is 1. The van der Waals surface area contributed by atoms with Gasteiger partial charge in [0.2, 0.25) is 0 Å². The maximum absolute atomic E-state index is 10.8. The van der Waals surface area contributed by atoms with Crippen LogP contribution in [0.5, 0.6) is 0 Å². The maximum atomic E-state index is 10.8. The molecule has 54 valence electrons. The Kier molecular flexibility index (Phi) is 2.13. The minimum absolute atomic E-state index is 0.248. The lowest BCUT2D eigenvalue weighted by molar-refractivity contribution is 0.0958. The van der Waals surface area contributed by atoms with Crippen LogP contribution in [0.15, 0.2) is 0 Å². The van der Waals surface area contributed by atoms with Gasteiger partial charge in [-0.05, 0) is 11.5 Å². The highest BCUT2D eigenvalue weighted by Crippen LogP contribution is 2.01. The highest BCUT2D eigenvalue weighted by molar-refractivity contribution is 7.73. The summed E-state index contributed by atoms with van der Waals surface area (Å²) in [5.74, 6) is -0.248. The minimum Gasteiger partial charge on any atom is -0.354 e. The summed E-state index contributed by atoms with van der Waals surface area (Å²) >= 11 is 5.96. The van der Waals surface area contributed by atoms with E-state index < -0.39 is 0 Å². The summed E-state index contributed by atoms with van der Waals surface area (Å²) in [5, 5.41) is 6.09. The Morgan fingerprint density at radius 1 is 1.90 bits per heavy atom. The van der Waals surface area contributed by atoms with E-state index in [9.17, 15) is 4.79 Å². The van der Waals surface area contributed by atoms with Gasteiger partial charge in [-0.2, -0.15) is 5.10 Å². The standard InChI is InChI=1S/C4H5N3OS2/c1-5-3(8)2-4(9)10-7-6-2/h7H,1H3,(H,5,8). The zero-order chi connectivity index (χ0) is 7.56. The SMILES string of the molecule is CNC(=O)c1n[nH]sc1=S. The summed E-state index contributed by atoms with van der Waals surface area (Å²) in [5.41, 5.74) is 0.294. The van der Waals surface area contributed by atoms with Crippen LogP contribution in [-0.4, -0.2) is 22.5 Å². The van der Waals surface area contributed by atoms with E-state index in [4.69, 9.17) is 12.2 Å². The van der Waals surface area contributed by atoms with Crippen molar-refractivity contribution in [1.29, 1.82) is 0 Å². The first-order valence-corrected chi connectivity index (χ1v) is 3.74. The number of hydrogen-bond acceptors (Lipinski definition) is 4. The predicted octanol–water partition coefficient (Wildman–Crippen LogP) is 0.560. The summed E-state index contributed by atoms with van der Waals surface area (Å²) in [7, 11) is 1.54. The monoisotopic (exact) mass is 175 g/mol. The molecular formula is C4H5N3OS2. The van der Waals surface area contributed by atoms with E-state index in [0.29, 0.717) is 9.52 Å². The van der Waals surface area contributed by atoms with Crippen LogP contribution in [0.25, 0.3) is 0 Å². The smallest absolute Gasteiger partial charge is 0.273 e. The van der Waals surface area contributed by atoms with E-state index in [2.05, 4.69) is 14.9 Å². The molecule has 0 saturated carbocycles. The van der Waals surface area contributed by atoms with Crippen LogP contribution in [0.2, 0.25) is 0 Å². The Labute approximate surface area is 66.4 Å². The van der Waals surface area contributed by atoms with E-state index >= 15 is 0 Å². The highest BCUT2D eigenvalue weighted by atomic mass is 32.2. The number of hydrogen-bond donors (Lipinski definition) is 2. The first-order valence-electron chi connectivity index (χ1n) is 2.51. The largest absolute Gasteiger partial charge is 0.354 e. The Bertz CT molecular complexity index is 289. The molecule has 0 aliphatic rings. The summed E-state index contributed by atoms with van der Waals surface area (Å²) in [6.45, 7) is 0. The molecule has 0 bridgehead atoms. The average Bonchev–Trinajstić information content (AvgIpc) is 2.34. The molecule has 0 saturated heterocycles. The summed E-state index contributed by atoms with van der Waals surface area (Å²) < 4.78 is 3.03. The van der Waals surface area contributed by atoms with Crippen LogP contribution in [0.4, 0.5) is 0 Å². The molecule has 0 spiro atoms. The zero-order valence-electron chi connectivity index (χ0n) is 5.17. The molecule has 10 heavy (non-hydrogen) atoms. The van der Waals surface area contributed by atoms with Gasteiger partial charge in [-0.1, -0.05) is 12.2 Å². The molecule has 0 fully saturated rings. The molecular weight excluding hydrogens is 170 g/mol. The Morgan fingerprint density at radius 3 is 3.00 bits per heavy atom. The van der Waals surface area contributed by atoms with E-state index in [1.165, 1.54) is 18.6 Å². The van der Waals surface area contributed by atoms with E-state index in [1.54, 1.807) is 0 Å². The fourth-order valence-electron chi connectivity index (χ4n) is 0.466. The third kappa shape index (κ3) is 1.22. The van der Waals surface area contributed by atoms with Crippen molar-refractivity contribution in [3.05, 3.63) is 9.52 Å². The molecule has 1 aromatic heterocycles. The maximum Gasteiger partial charge on any atom is 0.273 e. The molecule has 1 rings (SSSR count). The summed E-state index contributed by atoms with van der Waals surface area (Å²) in [4.78, 5) is 10.8. The van der Waals surface area contributed by atoms with Crippen LogP contribution >= 0.6 is 23.8 Å². The molecule has 0 aromatic carbocycles. The number of rotatable bonds is 1. The third-order valence-electron chi connectivity index (χ3n) is 0.931. The van der Waals surface area contributed by atoms with Gasteiger partial charge < -0.3 is 5.32 Å². The lowest BCUT2D eigenvalue weighted by Crippen LogP contribution is -2.18. The third-order valence-corrected chi connectivity index (χ3v) is 1.94. The van der Waals surface area contributed by atoms with Crippen molar-refractivity contribution in [2.75, 3.05) is 7.05 Å². The molecule has 6 heteroatoms. The van der Waals surface area contributed by atoms with Gasteiger partial charge in [-0.25, -0.2) is 4.49 Å². The number of nitrogens with one attached hydrogen (secondary N) is 2. The quantitative estimate of drug-likeness (QED) is 0.613. The summed E-state index contributed by atoms with van der Waals surface area (Å²) in [6, 6.07) is 0. The number of carbonyl (C=O) groups is 1. The molecule has 2 N–H and O–H groups in total. The van der Waals surface area contributed by atoms with Crippen LogP contribution in [0.3, 0.4) is 0 Å². The molecule has 1 aromatic rings. The van der Waals surface area contributed by atoms with Gasteiger partial charge >= 0.3 is 0 Å². The highest BCUT2D eigenvalue weighted by Gasteiger charge is 2.07. The zero-order valence-corrected chi connectivity index (χ0v) is 6.80.